The minimum Gasteiger partial charge on any atom is -0.351 e. The molecule has 10 heteroatoms. The lowest BCUT2D eigenvalue weighted by atomic mass is 10.1. The third kappa shape index (κ3) is 3.87. The van der Waals surface area contributed by atoms with Gasteiger partial charge in [0.1, 0.15) is 0 Å². The number of aromatic nitrogens is 4. The number of carbonyl (C=O) groups excluding carboxylic acids is 1. The van der Waals surface area contributed by atoms with Crippen LogP contribution in [0.15, 0.2) is 28.2 Å². The summed E-state index contributed by atoms with van der Waals surface area (Å²) >= 11 is 0. The van der Waals surface area contributed by atoms with E-state index in [1.165, 1.54) is 6.33 Å². The van der Waals surface area contributed by atoms with Gasteiger partial charge in [0, 0.05) is 24.4 Å². The van der Waals surface area contributed by atoms with E-state index in [0.29, 0.717) is 5.69 Å². The lowest BCUT2D eigenvalue weighted by molar-refractivity contribution is -0.133. The molecule has 0 saturated carbocycles. The third-order valence-corrected chi connectivity index (χ3v) is 2.74. The second-order valence-corrected chi connectivity index (χ2v) is 4.45. The maximum atomic E-state index is 12.0. The Morgan fingerprint density at radius 3 is 2.76 bits per heavy atom. The van der Waals surface area contributed by atoms with Crippen LogP contribution >= 0.6 is 0 Å². The number of hydrazine groups is 1. The first kappa shape index (κ1) is 14.7. The van der Waals surface area contributed by atoms with Crippen molar-refractivity contribution in [2.75, 3.05) is 0 Å². The van der Waals surface area contributed by atoms with Crippen LogP contribution in [0.25, 0.3) is 0 Å². The quantitative estimate of drug-likeness (QED) is 0.233. The van der Waals surface area contributed by atoms with Crippen molar-refractivity contribution in [1.29, 1.82) is 0 Å². The van der Waals surface area contributed by atoms with E-state index in [0.717, 1.165) is 11.1 Å². The van der Waals surface area contributed by atoms with Gasteiger partial charge in [-0.1, -0.05) is 0 Å². The first-order valence-electron chi connectivity index (χ1n) is 6.07. The Bertz CT molecular complexity index is 690. The van der Waals surface area contributed by atoms with E-state index >= 15 is 0 Å². The molecule has 7 N–H and O–H groups in total. The SMILES string of the molecule is N[C@@H](Cc1c[nH]cn1)C(=O)N(N)Cc1cc(=O)[nH]c(=O)[nH]1. The highest BCUT2D eigenvalue weighted by atomic mass is 16.2. The van der Waals surface area contributed by atoms with Crippen molar-refractivity contribution < 1.29 is 4.79 Å². The summed E-state index contributed by atoms with van der Waals surface area (Å²) in [6.07, 6.45) is 3.33. The Balaban J connectivity index is 2.01. The van der Waals surface area contributed by atoms with Gasteiger partial charge in [0.25, 0.3) is 11.5 Å². The smallest absolute Gasteiger partial charge is 0.325 e. The molecule has 0 spiro atoms. The van der Waals surface area contributed by atoms with Gasteiger partial charge in [0.2, 0.25) is 0 Å². The van der Waals surface area contributed by atoms with Crippen molar-refractivity contribution in [1.82, 2.24) is 24.9 Å². The Morgan fingerprint density at radius 2 is 2.14 bits per heavy atom. The molecule has 2 aromatic rings. The van der Waals surface area contributed by atoms with Gasteiger partial charge < -0.3 is 15.7 Å². The summed E-state index contributed by atoms with van der Waals surface area (Å²) in [7, 11) is 0. The maximum Gasteiger partial charge on any atom is 0.325 e. The van der Waals surface area contributed by atoms with Crippen LogP contribution in [-0.4, -0.2) is 36.9 Å². The summed E-state index contributed by atoms with van der Waals surface area (Å²) in [6, 6.07) is 0.278. The molecule has 0 bridgehead atoms. The molecule has 112 valence electrons. The molecule has 0 aliphatic heterocycles. The number of aromatic amines is 3. The highest BCUT2D eigenvalue weighted by Crippen LogP contribution is 2.01. The van der Waals surface area contributed by atoms with E-state index in [1.54, 1.807) is 6.20 Å². The van der Waals surface area contributed by atoms with Crippen molar-refractivity contribution in [2.24, 2.45) is 11.6 Å². The van der Waals surface area contributed by atoms with Crippen LogP contribution in [0, 0.1) is 0 Å². The summed E-state index contributed by atoms with van der Waals surface area (Å²) in [5, 5.41) is 0.849. The third-order valence-electron chi connectivity index (χ3n) is 2.74. The average molecular weight is 293 g/mol. The molecular formula is C11H15N7O3. The monoisotopic (exact) mass is 293 g/mol. The molecule has 0 radical (unpaired) electrons. The number of carbonyl (C=O) groups is 1. The zero-order chi connectivity index (χ0) is 15.4. The van der Waals surface area contributed by atoms with Crippen LogP contribution < -0.4 is 22.8 Å². The number of rotatable bonds is 5. The summed E-state index contributed by atoms with van der Waals surface area (Å²) in [6.45, 7) is -0.133. The number of hydrogen-bond acceptors (Lipinski definition) is 6. The molecule has 1 amide bonds. The van der Waals surface area contributed by atoms with Crippen LogP contribution in [0.2, 0.25) is 0 Å². The van der Waals surface area contributed by atoms with Crippen LogP contribution in [0.4, 0.5) is 0 Å². The summed E-state index contributed by atoms with van der Waals surface area (Å²) in [5.41, 5.74) is 5.36. The molecule has 10 nitrogen and oxygen atoms in total. The maximum absolute atomic E-state index is 12.0. The fourth-order valence-corrected chi connectivity index (χ4v) is 1.79. The highest BCUT2D eigenvalue weighted by Gasteiger charge is 2.20. The first-order valence-corrected chi connectivity index (χ1v) is 6.07. The minimum atomic E-state index is -0.869. The van der Waals surface area contributed by atoms with Crippen LogP contribution in [0.5, 0.6) is 0 Å². The number of nitrogens with two attached hydrogens (primary N) is 2. The van der Waals surface area contributed by atoms with Crippen LogP contribution in [0.1, 0.15) is 11.4 Å². The highest BCUT2D eigenvalue weighted by molar-refractivity contribution is 5.81. The van der Waals surface area contributed by atoms with Crippen LogP contribution in [0.3, 0.4) is 0 Å². The zero-order valence-electron chi connectivity index (χ0n) is 11.0. The largest absolute Gasteiger partial charge is 0.351 e. The number of H-pyrrole nitrogens is 3. The van der Waals surface area contributed by atoms with E-state index in [9.17, 15) is 14.4 Å². The van der Waals surface area contributed by atoms with Crippen molar-refractivity contribution in [3.8, 4) is 0 Å². The Hall–Kier alpha value is -2.72. The van der Waals surface area contributed by atoms with E-state index < -0.39 is 23.2 Å². The fraction of sp³-hybridized carbons (Fsp3) is 0.273. The molecule has 0 aliphatic carbocycles. The molecule has 0 saturated heterocycles. The van der Waals surface area contributed by atoms with E-state index in [-0.39, 0.29) is 18.7 Å². The van der Waals surface area contributed by atoms with E-state index in [2.05, 4.69) is 15.0 Å². The predicted molar refractivity (Wildman–Crippen MR) is 72.7 cm³/mol. The second kappa shape index (κ2) is 6.15. The van der Waals surface area contributed by atoms with Gasteiger partial charge >= 0.3 is 5.69 Å². The average Bonchev–Trinajstić information content (AvgIpc) is 2.89. The zero-order valence-corrected chi connectivity index (χ0v) is 11.0. The van der Waals surface area contributed by atoms with Crippen molar-refractivity contribution in [2.45, 2.75) is 19.0 Å². The van der Waals surface area contributed by atoms with Gasteiger partial charge in [-0.25, -0.2) is 15.6 Å². The van der Waals surface area contributed by atoms with E-state index in [4.69, 9.17) is 11.6 Å². The Kier molecular flexibility index (Phi) is 4.30. The normalized spacial score (nSPS) is 12.1. The molecule has 0 aromatic carbocycles. The van der Waals surface area contributed by atoms with Gasteiger partial charge in [-0.15, -0.1) is 0 Å². The molecule has 2 rings (SSSR count). The Labute approximate surface area is 118 Å². The molecular weight excluding hydrogens is 278 g/mol. The molecule has 2 aromatic heterocycles. The Morgan fingerprint density at radius 1 is 1.38 bits per heavy atom. The number of nitrogens with one attached hydrogen (secondary N) is 3. The molecule has 1 atom stereocenters. The van der Waals surface area contributed by atoms with Crippen molar-refractivity contribution in [3.63, 3.8) is 0 Å². The summed E-state index contributed by atoms with van der Waals surface area (Å²) < 4.78 is 0. The lowest BCUT2D eigenvalue weighted by Crippen LogP contribution is -2.48. The fourth-order valence-electron chi connectivity index (χ4n) is 1.79. The molecule has 0 unspecified atom stereocenters. The lowest BCUT2D eigenvalue weighted by Gasteiger charge is -2.20. The van der Waals surface area contributed by atoms with Gasteiger partial charge in [0.15, 0.2) is 0 Å². The molecule has 0 fully saturated rings. The standard InChI is InChI=1S/C11H15N7O3/c12-8(1-6-3-14-5-15-6)10(20)18(13)4-7-2-9(19)17-11(21)16-7/h2-3,5,8H,1,4,12-13H2,(H,14,15)(H2,16,17,19,21)/t8-/m0/s1. The number of amides is 1. The minimum absolute atomic E-state index is 0.133. The molecule has 2 heterocycles. The topological polar surface area (TPSA) is 167 Å². The number of imidazole rings is 1. The van der Waals surface area contributed by atoms with Crippen molar-refractivity contribution >= 4 is 5.91 Å². The van der Waals surface area contributed by atoms with E-state index in [1.807, 2.05) is 4.98 Å². The van der Waals surface area contributed by atoms with Gasteiger partial charge in [-0.2, -0.15) is 0 Å². The van der Waals surface area contributed by atoms with Crippen LogP contribution in [-0.2, 0) is 17.8 Å². The predicted octanol–water partition coefficient (Wildman–Crippen LogP) is -2.44. The van der Waals surface area contributed by atoms with Gasteiger partial charge in [-0.05, 0) is 0 Å². The summed E-state index contributed by atoms with van der Waals surface area (Å²) in [5.74, 6) is 5.09. The first-order chi connectivity index (χ1) is 9.95. The van der Waals surface area contributed by atoms with Gasteiger partial charge in [-0.3, -0.25) is 19.6 Å². The molecule has 0 aliphatic rings. The second-order valence-electron chi connectivity index (χ2n) is 4.45. The van der Waals surface area contributed by atoms with Gasteiger partial charge in [0.05, 0.1) is 24.6 Å². The summed E-state index contributed by atoms with van der Waals surface area (Å²) in [4.78, 5) is 45.4. The molecule has 21 heavy (non-hydrogen) atoms. The number of nitrogens with zero attached hydrogens (tertiary/aromatic N) is 2. The van der Waals surface area contributed by atoms with Crippen molar-refractivity contribution in [3.05, 3.63) is 50.8 Å². The number of hydrogen-bond donors (Lipinski definition) is 5.